The second-order valence-electron chi connectivity index (χ2n) is 5.42. The van der Waals surface area contributed by atoms with Crippen LogP contribution in [0.3, 0.4) is 0 Å². The van der Waals surface area contributed by atoms with Gasteiger partial charge < -0.3 is 19.8 Å². The minimum Gasteiger partial charge on any atom is -0.497 e. The van der Waals surface area contributed by atoms with Crippen LogP contribution in [0, 0.1) is 0 Å². The average molecular weight is 247 g/mol. The summed E-state index contributed by atoms with van der Waals surface area (Å²) in [5.41, 5.74) is 10.0. The zero-order chi connectivity index (χ0) is 12.9. The molecule has 1 atom stereocenters. The van der Waals surface area contributed by atoms with Crippen LogP contribution in [0.5, 0.6) is 0 Å². The molecule has 0 aromatic rings. The van der Waals surface area contributed by atoms with E-state index in [0.29, 0.717) is 13.2 Å². The molecule has 0 aliphatic carbocycles. The first kappa shape index (κ1) is 12.0. The van der Waals surface area contributed by atoms with E-state index in [2.05, 4.69) is 20.8 Å². The number of nitrogens with two attached hydrogens (primary N) is 1. The van der Waals surface area contributed by atoms with E-state index in [-0.39, 0.29) is 18.8 Å². The maximum atomic E-state index is 6.00. The van der Waals surface area contributed by atoms with Gasteiger partial charge in [-0.15, -0.1) is 0 Å². The van der Waals surface area contributed by atoms with Gasteiger partial charge in [0.15, 0.2) is 0 Å². The monoisotopic (exact) mass is 247 g/mol. The van der Waals surface area contributed by atoms with Crippen LogP contribution in [0.2, 0.25) is 0 Å². The Balaban J connectivity index is 2.17. The fraction of sp³-hybridized carbons (Fsp3) is 0.538. The number of hydrogen-bond donors (Lipinski definition) is 1. The van der Waals surface area contributed by atoms with Gasteiger partial charge in [-0.2, -0.15) is 0 Å². The molecule has 3 rings (SSSR count). The lowest BCUT2D eigenvalue weighted by Gasteiger charge is -2.29. The van der Waals surface area contributed by atoms with Crippen molar-refractivity contribution in [2.75, 3.05) is 13.2 Å². The predicted octanol–water partition coefficient (Wildman–Crippen LogP) is 1.34. The van der Waals surface area contributed by atoms with Crippen LogP contribution < -0.4 is 5.73 Å². The van der Waals surface area contributed by atoms with Crippen LogP contribution in [0.15, 0.2) is 34.5 Å². The molecule has 4 nitrogen and oxygen atoms in total. The maximum Gasteiger partial charge on any atom is 0.495 e. The van der Waals surface area contributed by atoms with Crippen molar-refractivity contribution in [1.82, 2.24) is 0 Å². The fourth-order valence-electron chi connectivity index (χ4n) is 2.84. The molecule has 18 heavy (non-hydrogen) atoms. The smallest absolute Gasteiger partial charge is 0.495 e. The predicted molar refractivity (Wildman–Crippen MR) is 69.7 cm³/mol. The van der Waals surface area contributed by atoms with E-state index in [4.69, 9.17) is 19.8 Å². The zero-order valence-corrected chi connectivity index (χ0v) is 11.0. The SMILES string of the molecule is CC1=C2C=COCC3=C2B(OC1CN)OC3(C)C. The molecule has 3 heterocycles. The molecule has 1 unspecified atom stereocenters. The van der Waals surface area contributed by atoms with Crippen molar-refractivity contribution in [3.63, 3.8) is 0 Å². The Morgan fingerprint density at radius 1 is 1.50 bits per heavy atom. The summed E-state index contributed by atoms with van der Waals surface area (Å²) in [5, 5.41) is 0. The molecule has 5 heteroatoms. The molecule has 3 aliphatic rings. The largest absolute Gasteiger partial charge is 0.497 e. The van der Waals surface area contributed by atoms with Crippen molar-refractivity contribution in [1.29, 1.82) is 0 Å². The maximum absolute atomic E-state index is 6.00. The molecular weight excluding hydrogens is 229 g/mol. The van der Waals surface area contributed by atoms with Crippen molar-refractivity contribution in [2.24, 2.45) is 5.73 Å². The van der Waals surface area contributed by atoms with Crippen molar-refractivity contribution in [3.05, 3.63) is 34.5 Å². The Labute approximate surface area is 108 Å². The molecule has 0 amide bonds. The van der Waals surface area contributed by atoms with Crippen LogP contribution in [0.1, 0.15) is 20.8 Å². The summed E-state index contributed by atoms with van der Waals surface area (Å²) in [4.78, 5) is 0. The zero-order valence-electron chi connectivity index (χ0n) is 11.0. The van der Waals surface area contributed by atoms with Gasteiger partial charge in [0.2, 0.25) is 0 Å². The molecular formula is C13H18BNO3. The lowest BCUT2D eigenvalue weighted by molar-refractivity contribution is 0.0897. The minimum absolute atomic E-state index is 0.0772. The van der Waals surface area contributed by atoms with Gasteiger partial charge in [0.05, 0.1) is 18.0 Å². The summed E-state index contributed by atoms with van der Waals surface area (Å²) in [6, 6.07) is 0. The van der Waals surface area contributed by atoms with Crippen LogP contribution in [0.4, 0.5) is 0 Å². The first-order chi connectivity index (χ1) is 8.54. The molecule has 0 radical (unpaired) electrons. The number of hydrogen-bond acceptors (Lipinski definition) is 4. The Morgan fingerprint density at radius 3 is 3.00 bits per heavy atom. The Bertz CT molecular complexity index is 479. The van der Waals surface area contributed by atoms with E-state index in [9.17, 15) is 0 Å². The van der Waals surface area contributed by atoms with Gasteiger partial charge in [0.1, 0.15) is 6.61 Å². The summed E-state index contributed by atoms with van der Waals surface area (Å²) >= 11 is 0. The highest BCUT2D eigenvalue weighted by Gasteiger charge is 2.49. The third kappa shape index (κ3) is 1.58. The van der Waals surface area contributed by atoms with E-state index < -0.39 is 0 Å². The van der Waals surface area contributed by atoms with Crippen molar-refractivity contribution >= 4 is 7.12 Å². The van der Waals surface area contributed by atoms with Crippen LogP contribution >= 0.6 is 0 Å². The summed E-state index contributed by atoms with van der Waals surface area (Å²) in [6.45, 7) is 7.19. The van der Waals surface area contributed by atoms with Crippen LogP contribution in [-0.4, -0.2) is 32.0 Å². The fourth-order valence-corrected chi connectivity index (χ4v) is 2.84. The van der Waals surface area contributed by atoms with Gasteiger partial charge in [-0.1, -0.05) is 0 Å². The standard InChI is InChI=1S/C13H18BNO3/c1-8-9-4-5-16-7-10-12(9)14(17-11(8)6-15)18-13(10,2)3/h4-5,11H,6-7,15H2,1-3H3. The van der Waals surface area contributed by atoms with Crippen molar-refractivity contribution < 1.29 is 14.0 Å². The van der Waals surface area contributed by atoms with Gasteiger partial charge in [-0.3, -0.25) is 0 Å². The minimum atomic E-state index is -0.346. The van der Waals surface area contributed by atoms with E-state index in [0.717, 1.165) is 11.0 Å². The highest BCUT2D eigenvalue weighted by atomic mass is 16.6. The average Bonchev–Trinajstić information content (AvgIpc) is 2.52. The molecule has 0 aromatic heterocycles. The summed E-state index contributed by atoms with van der Waals surface area (Å²) in [6.07, 6.45) is 3.68. The first-order valence-electron chi connectivity index (χ1n) is 6.31. The van der Waals surface area contributed by atoms with E-state index >= 15 is 0 Å². The molecule has 0 saturated heterocycles. The highest BCUT2D eigenvalue weighted by Crippen LogP contribution is 2.43. The highest BCUT2D eigenvalue weighted by molar-refractivity contribution is 6.57. The molecule has 0 saturated carbocycles. The molecule has 0 aromatic carbocycles. The van der Waals surface area contributed by atoms with Crippen LogP contribution in [0.25, 0.3) is 0 Å². The molecule has 96 valence electrons. The van der Waals surface area contributed by atoms with Gasteiger partial charge in [0, 0.05) is 6.54 Å². The quantitative estimate of drug-likeness (QED) is 0.710. The Morgan fingerprint density at radius 2 is 2.28 bits per heavy atom. The van der Waals surface area contributed by atoms with Gasteiger partial charge in [0.25, 0.3) is 0 Å². The van der Waals surface area contributed by atoms with Gasteiger partial charge in [-0.25, -0.2) is 0 Å². The summed E-state index contributed by atoms with van der Waals surface area (Å²) in [7, 11) is -0.311. The van der Waals surface area contributed by atoms with E-state index in [1.54, 1.807) is 6.26 Å². The normalized spacial score (nSPS) is 29.3. The Hall–Kier alpha value is -1.04. The van der Waals surface area contributed by atoms with Crippen LogP contribution in [-0.2, 0) is 14.0 Å². The Kier molecular flexibility index (Phi) is 2.66. The molecule has 2 N–H and O–H groups in total. The second-order valence-corrected chi connectivity index (χ2v) is 5.42. The van der Waals surface area contributed by atoms with E-state index in [1.165, 1.54) is 11.1 Å². The first-order valence-corrected chi connectivity index (χ1v) is 6.31. The topological polar surface area (TPSA) is 53.7 Å². The van der Waals surface area contributed by atoms with Gasteiger partial charge in [-0.05, 0) is 49.0 Å². The lowest BCUT2D eigenvalue weighted by atomic mass is 9.68. The second kappa shape index (κ2) is 3.98. The summed E-state index contributed by atoms with van der Waals surface area (Å²) in [5.74, 6) is 0. The number of ether oxygens (including phenoxy) is 1. The molecule has 0 bridgehead atoms. The van der Waals surface area contributed by atoms with Crippen molar-refractivity contribution in [3.8, 4) is 0 Å². The van der Waals surface area contributed by atoms with Crippen molar-refractivity contribution in [2.45, 2.75) is 32.5 Å². The molecule has 0 fully saturated rings. The number of allylic oxidation sites excluding steroid dienone is 3. The lowest BCUT2D eigenvalue weighted by Crippen LogP contribution is -2.40. The molecule has 0 spiro atoms. The third-order valence-electron chi connectivity index (χ3n) is 3.95. The summed E-state index contributed by atoms with van der Waals surface area (Å²) < 4.78 is 17.5. The van der Waals surface area contributed by atoms with Gasteiger partial charge >= 0.3 is 7.12 Å². The molecule has 3 aliphatic heterocycles. The third-order valence-corrected chi connectivity index (χ3v) is 3.95. The number of rotatable bonds is 1. The van der Waals surface area contributed by atoms with E-state index in [1.807, 2.05) is 6.08 Å².